The summed E-state index contributed by atoms with van der Waals surface area (Å²) in [6, 6.07) is 16.1. The first-order valence-electron chi connectivity index (χ1n) is 8.40. The average molecular weight is 325 g/mol. The van der Waals surface area contributed by atoms with Gasteiger partial charge < -0.3 is 10.1 Å². The topological polar surface area (TPSA) is 38.3 Å². The molecule has 3 nitrogen and oxygen atoms in total. The van der Waals surface area contributed by atoms with Crippen LogP contribution in [-0.4, -0.2) is 19.1 Å². The van der Waals surface area contributed by atoms with Gasteiger partial charge in [-0.05, 0) is 35.6 Å². The van der Waals surface area contributed by atoms with E-state index in [1.54, 1.807) is 0 Å². The fourth-order valence-electron chi connectivity index (χ4n) is 2.48. The van der Waals surface area contributed by atoms with Crippen LogP contribution in [0.1, 0.15) is 37.5 Å². The van der Waals surface area contributed by atoms with Crippen molar-refractivity contribution < 1.29 is 9.53 Å². The quantitative estimate of drug-likeness (QED) is 0.814. The molecule has 0 saturated carbocycles. The van der Waals surface area contributed by atoms with E-state index >= 15 is 0 Å². The van der Waals surface area contributed by atoms with Crippen LogP contribution in [0.2, 0.25) is 0 Å². The highest BCUT2D eigenvalue weighted by Crippen LogP contribution is 2.24. The molecular weight excluding hydrogens is 298 g/mol. The van der Waals surface area contributed by atoms with Crippen molar-refractivity contribution >= 4 is 5.91 Å². The summed E-state index contributed by atoms with van der Waals surface area (Å²) in [5, 5.41) is 2.89. The molecule has 1 N–H and O–H groups in total. The second-order valence-electron chi connectivity index (χ2n) is 7.14. The molecule has 0 atom stereocenters. The molecule has 2 rings (SSSR count). The predicted octanol–water partition coefficient (Wildman–Crippen LogP) is 4.03. The van der Waals surface area contributed by atoms with Gasteiger partial charge in [-0.2, -0.15) is 0 Å². The van der Waals surface area contributed by atoms with E-state index < -0.39 is 0 Å². The first-order valence-corrected chi connectivity index (χ1v) is 8.40. The number of benzene rings is 2. The molecule has 0 heterocycles. The summed E-state index contributed by atoms with van der Waals surface area (Å²) < 4.78 is 5.68. The Morgan fingerprint density at radius 2 is 1.79 bits per heavy atom. The number of hydrogen-bond donors (Lipinski definition) is 1. The fourth-order valence-corrected chi connectivity index (χ4v) is 2.48. The van der Waals surface area contributed by atoms with Gasteiger partial charge in [0.2, 0.25) is 5.91 Å². The average Bonchev–Trinajstić information content (AvgIpc) is 2.51. The number of ether oxygens (including phenoxy) is 1. The first-order chi connectivity index (χ1) is 11.3. The Balaban J connectivity index is 1.71. The Morgan fingerprint density at radius 3 is 2.42 bits per heavy atom. The molecule has 128 valence electrons. The van der Waals surface area contributed by atoms with Gasteiger partial charge in [0.15, 0.2) is 0 Å². The van der Waals surface area contributed by atoms with Crippen LogP contribution >= 0.6 is 0 Å². The van der Waals surface area contributed by atoms with E-state index in [2.05, 4.69) is 38.2 Å². The molecule has 3 heteroatoms. The molecular formula is C21H27NO2. The largest absolute Gasteiger partial charge is 0.492 e. The molecule has 2 aromatic rings. The van der Waals surface area contributed by atoms with Crippen molar-refractivity contribution in [1.82, 2.24) is 5.32 Å². The van der Waals surface area contributed by atoms with Crippen molar-refractivity contribution in [2.75, 3.05) is 13.2 Å². The molecule has 1 amide bonds. The SMILES string of the molecule is Cc1cccc(CC(=O)NCCOc2ccc(C(C)(C)C)cc2)c1. The van der Waals surface area contributed by atoms with Crippen LogP contribution in [0.5, 0.6) is 5.75 Å². The van der Waals surface area contributed by atoms with Crippen LogP contribution in [0.25, 0.3) is 0 Å². The van der Waals surface area contributed by atoms with Crippen LogP contribution in [0, 0.1) is 6.92 Å². The lowest BCUT2D eigenvalue weighted by Gasteiger charge is -2.19. The Kier molecular flexibility index (Phi) is 6.02. The maximum atomic E-state index is 11.9. The molecule has 0 radical (unpaired) electrons. The van der Waals surface area contributed by atoms with Crippen molar-refractivity contribution in [1.29, 1.82) is 0 Å². The molecule has 0 aliphatic carbocycles. The third kappa shape index (κ3) is 5.73. The van der Waals surface area contributed by atoms with Gasteiger partial charge in [-0.3, -0.25) is 4.79 Å². The van der Waals surface area contributed by atoms with Crippen LogP contribution < -0.4 is 10.1 Å². The van der Waals surface area contributed by atoms with E-state index in [1.807, 2.05) is 43.3 Å². The van der Waals surface area contributed by atoms with Gasteiger partial charge in [0.25, 0.3) is 0 Å². The summed E-state index contributed by atoms with van der Waals surface area (Å²) in [6.07, 6.45) is 0.405. The van der Waals surface area contributed by atoms with Gasteiger partial charge in [0.05, 0.1) is 13.0 Å². The van der Waals surface area contributed by atoms with Crippen LogP contribution in [-0.2, 0) is 16.6 Å². The number of amides is 1. The van der Waals surface area contributed by atoms with Crippen LogP contribution in [0.15, 0.2) is 48.5 Å². The molecule has 0 saturated heterocycles. The minimum Gasteiger partial charge on any atom is -0.492 e. The van der Waals surface area contributed by atoms with E-state index in [4.69, 9.17) is 4.74 Å². The second-order valence-corrected chi connectivity index (χ2v) is 7.14. The summed E-state index contributed by atoms with van der Waals surface area (Å²) >= 11 is 0. The highest BCUT2D eigenvalue weighted by atomic mass is 16.5. The highest BCUT2D eigenvalue weighted by Gasteiger charge is 2.12. The summed E-state index contributed by atoms with van der Waals surface area (Å²) in [4.78, 5) is 11.9. The van der Waals surface area contributed by atoms with Crippen LogP contribution in [0.4, 0.5) is 0 Å². The van der Waals surface area contributed by atoms with E-state index in [0.717, 1.165) is 11.3 Å². The lowest BCUT2D eigenvalue weighted by atomic mass is 9.87. The van der Waals surface area contributed by atoms with Gasteiger partial charge in [-0.15, -0.1) is 0 Å². The van der Waals surface area contributed by atoms with Gasteiger partial charge >= 0.3 is 0 Å². The van der Waals surface area contributed by atoms with E-state index in [1.165, 1.54) is 11.1 Å². The number of carbonyl (C=O) groups excluding carboxylic acids is 1. The zero-order chi connectivity index (χ0) is 17.6. The lowest BCUT2D eigenvalue weighted by molar-refractivity contribution is -0.120. The van der Waals surface area contributed by atoms with Gasteiger partial charge in [0, 0.05) is 0 Å². The van der Waals surface area contributed by atoms with Gasteiger partial charge in [-0.25, -0.2) is 0 Å². The molecule has 0 aliphatic rings. The molecule has 2 aromatic carbocycles. The Hall–Kier alpha value is -2.29. The lowest BCUT2D eigenvalue weighted by Crippen LogP contribution is -2.29. The Labute approximate surface area is 145 Å². The van der Waals surface area contributed by atoms with Crippen molar-refractivity contribution in [3.8, 4) is 5.75 Å². The molecule has 0 unspecified atom stereocenters. The van der Waals surface area contributed by atoms with Crippen molar-refractivity contribution in [3.05, 3.63) is 65.2 Å². The minimum atomic E-state index is 0.0206. The molecule has 0 spiro atoms. The first kappa shape index (κ1) is 18.1. The second kappa shape index (κ2) is 8.00. The van der Waals surface area contributed by atoms with Gasteiger partial charge in [-0.1, -0.05) is 62.7 Å². The number of aryl methyl sites for hydroxylation is 1. The number of hydrogen-bond acceptors (Lipinski definition) is 2. The summed E-state index contributed by atoms with van der Waals surface area (Å²) in [7, 11) is 0. The fraction of sp³-hybridized carbons (Fsp3) is 0.381. The Bertz CT molecular complexity index is 669. The maximum Gasteiger partial charge on any atom is 0.224 e. The van der Waals surface area contributed by atoms with Gasteiger partial charge in [0.1, 0.15) is 12.4 Å². The Morgan fingerprint density at radius 1 is 1.08 bits per heavy atom. The summed E-state index contributed by atoms with van der Waals surface area (Å²) in [6.45, 7) is 9.56. The maximum absolute atomic E-state index is 11.9. The van der Waals surface area contributed by atoms with E-state index in [0.29, 0.717) is 19.6 Å². The molecule has 0 fully saturated rings. The highest BCUT2D eigenvalue weighted by molar-refractivity contribution is 5.78. The van der Waals surface area contributed by atoms with Crippen molar-refractivity contribution in [2.24, 2.45) is 0 Å². The third-order valence-corrected chi connectivity index (χ3v) is 3.86. The standard InChI is InChI=1S/C21H27NO2/c1-16-6-5-7-17(14-16)15-20(23)22-12-13-24-19-10-8-18(9-11-19)21(2,3)4/h5-11,14H,12-13,15H2,1-4H3,(H,22,23). The van der Waals surface area contributed by atoms with Crippen LogP contribution in [0.3, 0.4) is 0 Å². The zero-order valence-corrected chi connectivity index (χ0v) is 15.1. The van der Waals surface area contributed by atoms with E-state index in [-0.39, 0.29) is 11.3 Å². The number of carbonyl (C=O) groups is 1. The molecule has 0 bridgehead atoms. The smallest absolute Gasteiger partial charge is 0.224 e. The summed E-state index contributed by atoms with van der Waals surface area (Å²) in [5.41, 5.74) is 3.62. The molecule has 24 heavy (non-hydrogen) atoms. The number of nitrogens with one attached hydrogen (secondary N) is 1. The monoisotopic (exact) mass is 325 g/mol. The third-order valence-electron chi connectivity index (χ3n) is 3.86. The normalized spacial score (nSPS) is 11.2. The zero-order valence-electron chi connectivity index (χ0n) is 15.1. The van der Waals surface area contributed by atoms with E-state index in [9.17, 15) is 4.79 Å². The number of rotatable bonds is 6. The minimum absolute atomic E-state index is 0.0206. The van der Waals surface area contributed by atoms with Crippen molar-refractivity contribution in [2.45, 2.75) is 39.5 Å². The van der Waals surface area contributed by atoms with Crippen molar-refractivity contribution in [3.63, 3.8) is 0 Å². The molecule has 0 aliphatic heterocycles. The molecule has 0 aromatic heterocycles. The predicted molar refractivity (Wildman–Crippen MR) is 98.5 cm³/mol. The summed E-state index contributed by atoms with van der Waals surface area (Å²) in [5.74, 6) is 0.850.